The first-order chi connectivity index (χ1) is 7.06. The second-order valence-corrected chi connectivity index (χ2v) is 3.79. The number of nitrogens with zero attached hydrogens (tertiary/aromatic N) is 1. The van der Waals surface area contributed by atoms with E-state index in [-0.39, 0.29) is 18.3 Å². The number of halogens is 1. The van der Waals surface area contributed by atoms with Crippen molar-refractivity contribution in [1.82, 2.24) is 0 Å². The zero-order valence-corrected chi connectivity index (χ0v) is 10.8. The van der Waals surface area contributed by atoms with Crippen molar-refractivity contribution >= 4 is 24.0 Å². The second kappa shape index (κ2) is 6.38. The summed E-state index contributed by atoms with van der Waals surface area (Å²) in [6.07, 6.45) is 0. The van der Waals surface area contributed by atoms with Gasteiger partial charge in [-0.15, -0.1) is 12.4 Å². The van der Waals surface area contributed by atoms with E-state index in [2.05, 4.69) is 25.7 Å². The monoisotopic (exact) mass is 242 g/mol. The van der Waals surface area contributed by atoms with E-state index >= 15 is 0 Å². The summed E-state index contributed by atoms with van der Waals surface area (Å²) in [7, 11) is 0. The molecule has 0 aromatic heterocycles. The minimum Gasteiger partial charge on any atom is -0.369 e. The van der Waals surface area contributed by atoms with E-state index in [0.717, 1.165) is 12.2 Å². The van der Waals surface area contributed by atoms with Crippen LogP contribution in [0.3, 0.4) is 0 Å². The quantitative estimate of drug-likeness (QED) is 0.882. The zero-order valence-electron chi connectivity index (χ0n) is 9.93. The Morgan fingerprint density at radius 2 is 1.81 bits per heavy atom. The predicted molar refractivity (Wildman–Crippen MR) is 70.4 cm³/mol. The summed E-state index contributed by atoms with van der Waals surface area (Å²) in [6.45, 7) is 7.35. The lowest BCUT2D eigenvalue weighted by molar-refractivity contribution is 0.100. The van der Waals surface area contributed by atoms with Gasteiger partial charge in [-0.25, -0.2) is 0 Å². The molecular formula is C12H19ClN2O. The molecule has 4 heteroatoms. The van der Waals surface area contributed by atoms with Crippen molar-refractivity contribution in [3.8, 4) is 0 Å². The highest BCUT2D eigenvalue weighted by Gasteiger charge is 2.08. The fourth-order valence-corrected chi connectivity index (χ4v) is 1.66. The van der Waals surface area contributed by atoms with Crippen LogP contribution >= 0.6 is 12.4 Å². The summed E-state index contributed by atoms with van der Waals surface area (Å²) in [6, 6.07) is 7.85. The van der Waals surface area contributed by atoms with E-state index in [1.807, 2.05) is 12.1 Å². The van der Waals surface area contributed by atoms with Crippen LogP contribution in [0.25, 0.3) is 0 Å². The second-order valence-electron chi connectivity index (χ2n) is 3.79. The molecule has 0 saturated carbocycles. The van der Waals surface area contributed by atoms with Gasteiger partial charge >= 0.3 is 0 Å². The molecule has 0 radical (unpaired) electrons. The van der Waals surface area contributed by atoms with Crippen molar-refractivity contribution in [3.63, 3.8) is 0 Å². The van der Waals surface area contributed by atoms with Crippen LogP contribution in [0.2, 0.25) is 0 Å². The Morgan fingerprint density at radius 3 is 2.12 bits per heavy atom. The molecule has 0 bridgehead atoms. The molecule has 0 heterocycles. The summed E-state index contributed by atoms with van der Waals surface area (Å²) >= 11 is 0. The van der Waals surface area contributed by atoms with Crippen molar-refractivity contribution in [1.29, 1.82) is 0 Å². The maximum Gasteiger partial charge on any atom is 0.248 e. The smallest absolute Gasteiger partial charge is 0.248 e. The topological polar surface area (TPSA) is 46.3 Å². The van der Waals surface area contributed by atoms with E-state index in [0.29, 0.717) is 11.6 Å². The number of hydrogen-bond donors (Lipinski definition) is 1. The molecule has 0 fully saturated rings. The zero-order chi connectivity index (χ0) is 11.4. The molecule has 2 N–H and O–H groups in total. The van der Waals surface area contributed by atoms with Crippen molar-refractivity contribution in [2.45, 2.75) is 26.8 Å². The molecular weight excluding hydrogens is 224 g/mol. The Morgan fingerprint density at radius 1 is 1.31 bits per heavy atom. The summed E-state index contributed by atoms with van der Waals surface area (Å²) in [5.41, 5.74) is 6.86. The Labute approximate surface area is 103 Å². The van der Waals surface area contributed by atoms with Crippen LogP contribution in [0.1, 0.15) is 31.1 Å². The molecule has 16 heavy (non-hydrogen) atoms. The number of nitrogens with two attached hydrogens (primary N) is 1. The Kier molecular flexibility index (Phi) is 5.89. The normalized spacial score (nSPS) is 9.75. The van der Waals surface area contributed by atoms with Gasteiger partial charge in [-0.1, -0.05) is 0 Å². The highest BCUT2D eigenvalue weighted by atomic mass is 35.5. The van der Waals surface area contributed by atoms with Crippen molar-refractivity contribution in [2.24, 2.45) is 5.73 Å². The van der Waals surface area contributed by atoms with Gasteiger partial charge < -0.3 is 10.6 Å². The molecule has 90 valence electrons. The molecule has 0 aliphatic rings. The third kappa shape index (κ3) is 3.42. The number of anilines is 1. The third-order valence-corrected chi connectivity index (χ3v) is 2.45. The maximum atomic E-state index is 10.9. The molecule has 1 aromatic rings. The summed E-state index contributed by atoms with van der Waals surface area (Å²) in [5, 5.41) is 0. The van der Waals surface area contributed by atoms with E-state index in [1.54, 1.807) is 12.1 Å². The molecule has 0 unspecified atom stereocenters. The number of carbonyl (C=O) groups excluding carboxylic acids is 1. The van der Waals surface area contributed by atoms with Crippen LogP contribution < -0.4 is 10.6 Å². The molecule has 0 aliphatic heterocycles. The van der Waals surface area contributed by atoms with Crippen LogP contribution in [0.4, 0.5) is 5.69 Å². The van der Waals surface area contributed by atoms with Gasteiger partial charge in [-0.3, -0.25) is 4.79 Å². The number of hydrogen-bond acceptors (Lipinski definition) is 2. The largest absolute Gasteiger partial charge is 0.369 e. The van der Waals surface area contributed by atoms with E-state index < -0.39 is 0 Å². The molecule has 0 atom stereocenters. The van der Waals surface area contributed by atoms with Gasteiger partial charge in [-0.05, 0) is 45.0 Å². The molecule has 1 rings (SSSR count). The van der Waals surface area contributed by atoms with Crippen LogP contribution in [0.5, 0.6) is 0 Å². The van der Waals surface area contributed by atoms with E-state index in [9.17, 15) is 4.79 Å². The Balaban J connectivity index is 0.00000225. The lowest BCUT2D eigenvalue weighted by atomic mass is 10.1. The Hall–Kier alpha value is -1.22. The van der Waals surface area contributed by atoms with Gasteiger partial charge in [0.15, 0.2) is 0 Å². The van der Waals surface area contributed by atoms with Crippen LogP contribution in [0.15, 0.2) is 24.3 Å². The molecule has 0 saturated heterocycles. The SMILES string of the molecule is CCN(c1ccc(C(N)=O)cc1)C(C)C.Cl. The summed E-state index contributed by atoms with van der Waals surface area (Å²) in [5.74, 6) is -0.380. The fourth-order valence-electron chi connectivity index (χ4n) is 1.66. The van der Waals surface area contributed by atoms with Crippen LogP contribution in [-0.4, -0.2) is 18.5 Å². The van der Waals surface area contributed by atoms with Gasteiger partial charge in [0.1, 0.15) is 0 Å². The van der Waals surface area contributed by atoms with Gasteiger partial charge in [0.05, 0.1) is 0 Å². The highest BCUT2D eigenvalue weighted by molar-refractivity contribution is 5.93. The average Bonchev–Trinajstić information content (AvgIpc) is 2.19. The Bertz CT molecular complexity index is 335. The summed E-state index contributed by atoms with van der Waals surface area (Å²) in [4.78, 5) is 13.1. The van der Waals surface area contributed by atoms with Crippen molar-refractivity contribution in [3.05, 3.63) is 29.8 Å². The average molecular weight is 243 g/mol. The van der Waals surface area contributed by atoms with Gasteiger partial charge in [-0.2, -0.15) is 0 Å². The number of benzene rings is 1. The molecule has 1 aromatic carbocycles. The maximum absolute atomic E-state index is 10.9. The number of primary amides is 1. The van der Waals surface area contributed by atoms with Gasteiger partial charge in [0.2, 0.25) is 5.91 Å². The number of amides is 1. The minimum absolute atomic E-state index is 0. The lowest BCUT2D eigenvalue weighted by Gasteiger charge is -2.27. The van der Waals surface area contributed by atoms with Crippen LogP contribution in [0, 0.1) is 0 Å². The fraction of sp³-hybridized carbons (Fsp3) is 0.417. The van der Waals surface area contributed by atoms with Crippen molar-refractivity contribution < 1.29 is 4.79 Å². The van der Waals surface area contributed by atoms with E-state index in [4.69, 9.17) is 5.73 Å². The van der Waals surface area contributed by atoms with E-state index in [1.165, 1.54) is 0 Å². The van der Waals surface area contributed by atoms with Crippen molar-refractivity contribution in [2.75, 3.05) is 11.4 Å². The number of rotatable bonds is 4. The predicted octanol–water partition coefficient (Wildman–Crippen LogP) is 2.44. The molecule has 3 nitrogen and oxygen atoms in total. The lowest BCUT2D eigenvalue weighted by Crippen LogP contribution is -2.30. The summed E-state index contributed by atoms with van der Waals surface area (Å²) < 4.78 is 0. The standard InChI is InChI=1S/C12H18N2O.ClH/c1-4-14(9(2)3)11-7-5-10(6-8-11)12(13)15;/h5-9H,4H2,1-3H3,(H2,13,15);1H. The first kappa shape index (κ1) is 14.8. The van der Waals surface area contributed by atoms with Gasteiger partial charge in [0, 0.05) is 23.8 Å². The third-order valence-electron chi connectivity index (χ3n) is 2.45. The first-order valence-electron chi connectivity index (χ1n) is 5.22. The molecule has 1 amide bonds. The van der Waals surface area contributed by atoms with Gasteiger partial charge in [0.25, 0.3) is 0 Å². The highest BCUT2D eigenvalue weighted by Crippen LogP contribution is 2.17. The minimum atomic E-state index is -0.380. The molecule has 0 aliphatic carbocycles. The first-order valence-corrected chi connectivity index (χ1v) is 5.22. The van der Waals surface area contributed by atoms with Crippen LogP contribution in [-0.2, 0) is 0 Å². The number of carbonyl (C=O) groups is 1. The molecule has 0 spiro atoms.